The summed E-state index contributed by atoms with van der Waals surface area (Å²) in [6.07, 6.45) is 5.40. The maximum atomic E-state index is 5.10. The number of hydrogen-bond acceptors (Lipinski definition) is 3. The van der Waals surface area contributed by atoms with E-state index in [-0.39, 0.29) is 0 Å². The molecule has 0 spiro atoms. The Kier molecular flexibility index (Phi) is 6.71. The number of aromatic nitrogens is 2. The van der Waals surface area contributed by atoms with Gasteiger partial charge in [0.05, 0.1) is 7.11 Å². The number of ether oxygens (including phenoxy) is 1. The molecule has 108 valence electrons. The van der Waals surface area contributed by atoms with Crippen LogP contribution < -0.4 is 4.74 Å². The van der Waals surface area contributed by atoms with E-state index in [0.717, 1.165) is 11.4 Å². The van der Waals surface area contributed by atoms with Gasteiger partial charge in [-0.2, -0.15) is 0 Å². The predicted molar refractivity (Wildman–Crippen MR) is 83.2 cm³/mol. The SMILES string of the molecule is CC(C)c1ccncc1.COc1ncccc1C(C)C. The second-order valence-corrected chi connectivity index (χ2v) is 5.19. The van der Waals surface area contributed by atoms with Gasteiger partial charge in [0.15, 0.2) is 0 Å². The number of rotatable bonds is 3. The van der Waals surface area contributed by atoms with Crippen molar-refractivity contribution in [2.24, 2.45) is 0 Å². The van der Waals surface area contributed by atoms with E-state index in [1.54, 1.807) is 13.3 Å². The lowest BCUT2D eigenvalue weighted by atomic mass is 10.1. The summed E-state index contributed by atoms with van der Waals surface area (Å²) in [4.78, 5) is 8.02. The third kappa shape index (κ3) is 5.00. The van der Waals surface area contributed by atoms with Crippen LogP contribution in [-0.4, -0.2) is 17.1 Å². The van der Waals surface area contributed by atoms with Crippen molar-refractivity contribution in [1.29, 1.82) is 0 Å². The third-order valence-electron chi connectivity index (χ3n) is 2.99. The summed E-state index contributed by atoms with van der Waals surface area (Å²) in [5.74, 6) is 1.83. The van der Waals surface area contributed by atoms with Crippen molar-refractivity contribution in [2.75, 3.05) is 7.11 Å². The molecule has 20 heavy (non-hydrogen) atoms. The molecule has 0 bridgehead atoms. The zero-order valence-electron chi connectivity index (χ0n) is 13.0. The van der Waals surface area contributed by atoms with Crippen molar-refractivity contribution >= 4 is 0 Å². The Bertz CT molecular complexity index is 495. The van der Waals surface area contributed by atoms with Gasteiger partial charge in [0.25, 0.3) is 0 Å². The predicted octanol–water partition coefficient (Wildman–Crippen LogP) is 4.42. The van der Waals surface area contributed by atoms with E-state index in [4.69, 9.17) is 4.74 Å². The first-order chi connectivity index (χ1) is 9.56. The van der Waals surface area contributed by atoms with Crippen LogP contribution in [0.2, 0.25) is 0 Å². The fourth-order valence-corrected chi connectivity index (χ4v) is 1.76. The van der Waals surface area contributed by atoms with Gasteiger partial charge in [0, 0.05) is 24.2 Å². The lowest BCUT2D eigenvalue weighted by Crippen LogP contribution is -1.95. The molecular weight excluding hydrogens is 248 g/mol. The molecule has 3 nitrogen and oxygen atoms in total. The van der Waals surface area contributed by atoms with Crippen LogP contribution in [0, 0.1) is 0 Å². The maximum absolute atomic E-state index is 5.10. The van der Waals surface area contributed by atoms with Crippen LogP contribution in [0.5, 0.6) is 5.88 Å². The molecule has 0 amide bonds. The molecule has 2 aromatic rings. The molecule has 2 heterocycles. The van der Waals surface area contributed by atoms with Crippen LogP contribution in [0.25, 0.3) is 0 Å². The van der Waals surface area contributed by atoms with Crippen molar-refractivity contribution in [2.45, 2.75) is 39.5 Å². The zero-order valence-corrected chi connectivity index (χ0v) is 13.0. The summed E-state index contributed by atoms with van der Waals surface area (Å²) in [6, 6.07) is 8.06. The highest BCUT2D eigenvalue weighted by Crippen LogP contribution is 2.22. The highest BCUT2D eigenvalue weighted by atomic mass is 16.5. The van der Waals surface area contributed by atoms with Crippen molar-refractivity contribution < 1.29 is 4.74 Å². The minimum absolute atomic E-state index is 0.471. The molecular formula is C17H24N2O. The molecule has 0 aliphatic carbocycles. The Morgan fingerprint density at radius 2 is 1.55 bits per heavy atom. The summed E-state index contributed by atoms with van der Waals surface area (Å²) < 4.78 is 5.10. The van der Waals surface area contributed by atoms with Crippen molar-refractivity contribution in [3.05, 3.63) is 54.0 Å². The van der Waals surface area contributed by atoms with Crippen LogP contribution in [0.1, 0.15) is 50.7 Å². The van der Waals surface area contributed by atoms with E-state index < -0.39 is 0 Å². The van der Waals surface area contributed by atoms with Crippen LogP contribution in [0.15, 0.2) is 42.9 Å². The second-order valence-electron chi connectivity index (χ2n) is 5.19. The number of methoxy groups -OCH3 is 1. The maximum Gasteiger partial charge on any atom is 0.216 e. The quantitative estimate of drug-likeness (QED) is 0.829. The van der Waals surface area contributed by atoms with Crippen LogP contribution >= 0.6 is 0 Å². The first kappa shape index (κ1) is 16.2. The largest absolute Gasteiger partial charge is 0.481 e. The van der Waals surface area contributed by atoms with E-state index in [1.807, 2.05) is 36.7 Å². The van der Waals surface area contributed by atoms with Crippen LogP contribution in [0.4, 0.5) is 0 Å². The molecule has 3 heteroatoms. The minimum Gasteiger partial charge on any atom is -0.481 e. The van der Waals surface area contributed by atoms with Gasteiger partial charge in [-0.05, 0) is 35.6 Å². The normalized spacial score (nSPS) is 10.2. The molecule has 0 aliphatic heterocycles. The van der Waals surface area contributed by atoms with Crippen molar-refractivity contribution in [1.82, 2.24) is 9.97 Å². The highest BCUT2D eigenvalue weighted by molar-refractivity contribution is 5.28. The Hall–Kier alpha value is -1.90. The molecule has 0 fully saturated rings. The first-order valence-electron chi connectivity index (χ1n) is 6.95. The topological polar surface area (TPSA) is 35.0 Å². The van der Waals surface area contributed by atoms with Gasteiger partial charge in [0.2, 0.25) is 5.88 Å². The van der Waals surface area contributed by atoms with E-state index in [0.29, 0.717) is 11.8 Å². The van der Waals surface area contributed by atoms with Crippen molar-refractivity contribution in [3.63, 3.8) is 0 Å². The highest BCUT2D eigenvalue weighted by Gasteiger charge is 2.05. The Morgan fingerprint density at radius 3 is 1.95 bits per heavy atom. The van der Waals surface area contributed by atoms with E-state index in [9.17, 15) is 0 Å². The Balaban J connectivity index is 0.000000204. The minimum atomic E-state index is 0.471. The second kappa shape index (κ2) is 8.31. The fourth-order valence-electron chi connectivity index (χ4n) is 1.76. The monoisotopic (exact) mass is 272 g/mol. The van der Waals surface area contributed by atoms with E-state index >= 15 is 0 Å². The van der Waals surface area contributed by atoms with Gasteiger partial charge < -0.3 is 4.74 Å². The molecule has 0 saturated heterocycles. The number of nitrogens with zero attached hydrogens (tertiary/aromatic N) is 2. The fraction of sp³-hybridized carbons (Fsp3) is 0.412. The van der Waals surface area contributed by atoms with E-state index in [1.165, 1.54) is 5.56 Å². The third-order valence-corrected chi connectivity index (χ3v) is 2.99. The molecule has 2 aromatic heterocycles. The number of hydrogen-bond donors (Lipinski definition) is 0. The summed E-state index contributed by atoms with van der Waals surface area (Å²) in [5, 5.41) is 0. The molecule has 0 aliphatic rings. The van der Waals surface area contributed by atoms with Crippen molar-refractivity contribution in [3.8, 4) is 5.88 Å². The molecule has 2 rings (SSSR count). The average Bonchev–Trinajstić information content (AvgIpc) is 2.48. The van der Waals surface area contributed by atoms with Gasteiger partial charge in [-0.1, -0.05) is 33.8 Å². The lowest BCUT2D eigenvalue weighted by Gasteiger charge is -2.08. The summed E-state index contributed by atoms with van der Waals surface area (Å²) >= 11 is 0. The molecule has 0 atom stereocenters. The van der Waals surface area contributed by atoms with Gasteiger partial charge in [0.1, 0.15) is 0 Å². The summed E-state index contributed by atoms with van der Waals surface area (Å²) in [7, 11) is 1.65. The average molecular weight is 272 g/mol. The van der Waals surface area contributed by atoms with Crippen LogP contribution in [0.3, 0.4) is 0 Å². The summed E-state index contributed by atoms with van der Waals surface area (Å²) in [5.41, 5.74) is 2.51. The standard InChI is InChI=1S/C9H13NO.C8H11N/c1-7(2)8-5-4-6-10-9(8)11-3;1-7(2)8-3-5-9-6-4-8/h4-7H,1-3H3;3-7H,1-2H3. The number of pyridine rings is 2. The molecule has 0 N–H and O–H groups in total. The van der Waals surface area contributed by atoms with Gasteiger partial charge in [-0.3, -0.25) is 4.98 Å². The molecule has 0 aromatic carbocycles. The first-order valence-corrected chi connectivity index (χ1v) is 6.95. The Labute approximate surface area is 122 Å². The zero-order chi connectivity index (χ0) is 15.0. The van der Waals surface area contributed by atoms with Crippen LogP contribution in [-0.2, 0) is 0 Å². The van der Waals surface area contributed by atoms with E-state index in [2.05, 4.69) is 37.7 Å². The van der Waals surface area contributed by atoms with Gasteiger partial charge >= 0.3 is 0 Å². The smallest absolute Gasteiger partial charge is 0.216 e. The van der Waals surface area contributed by atoms with Gasteiger partial charge in [-0.15, -0.1) is 0 Å². The molecule has 0 radical (unpaired) electrons. The molecule has 0 unspecified atom stereocenters. The molecule has 0 saturated carbocycles. The lowest BCUT2D eigenvalue weighted by molar-refractivity contribution is 0.390. The summed E-state index contributed by atoms with van der Waals surface area (Å²) in [6.45, 7) is 8.60. The van der Waals surface area contributed by atoms with Gasteiger partial charge in [-0.25, -0.2) is 4.98 Å². The Morgan fingerprint density at radius 1 is 0.900 bits per heavy atom.